The molecule has 0 aliphatic rings. The van der Waals surface area contributed by atoms with Gasteiger partial charge < -0.3 is 10.1 Å². The van der Waals surface area contributed by atoms with Gasteiger partial charge in [-0.1, -0.05) is 25.5 Å². The molecule has 0 atom stereocenters. The van der Waals surface area contributed by atoms with Gasteiger partial charge in [0.05, 0.1) is 17.3 Å². The summed E-state index contributed by atoms with van der Waals surface area (Å²) in [5.74, 6) is -0.0162. The maximum absolute atomic E-state index is 13.4. The monoisotopic (exact) mass is 308 g/mol. The van der Waals surface area contributed by atoms with E-state index >= 15 is 0 Å². The van der Waals surface area contributed by atoms with Crippen molar-refractivity contribution in [1.29, 1.82) is 0 Å². The normalized spacial score (nSPS) is 10.8. The van der Waals surface area contributed by atoms with E-state index < -0.39 is 0 Å². The van der Waals surface area contributed by atoms with E-state index in [9.17, 15) is 4.39 Å². The second-order valence-corrected chi connectivity index (χ2v) is 5.95. The van der Waals surface area contributed by atoms with Crippen LogP contribution < -0.4 is 10.1 Å². The molecular formula is C16H21FN2OS. The fourth-order valence-corrected chi connectivity index (χ4v) is 3.19. The first kappa shape index (κ1) is 15.9. The van der Waals surface area contributed by atoms with Gasteiger partial charge in [0.25, 0.3) is 0 Å². The maximum atomic E-state index is 13.4. The molecule has 0 spiro atoms. The van der Waals surface area contributed by atoms with Crippen molar-refractivity contribution in [2.75, 3.05) is 13.7 Å². The third-order valence-corrected chi connectivity index (χ3v) is 4.21. The molecule has 5 heteroatoms. The van der Waals surface area contributed by atoms with E-state index in [1.807, 2.05) is 7.05 Å². The molecule has 3 nitrogen and oxygen atoms in total. The summed E-state index contributed by atoms with van der Waals surface area (Å²) < 4.78 is 18.9. The highest BCUT2D eigenvalue weighted by Crippen LogP contribution is 2.21. The van der Waals surface area contributed by atoms with Crippen molar-refractivity contribution in [3.05, 3.63) is 45.7 Å². The number of benzene rings is 1. The zero-order valence-corrected chi connectivity index (χ0v) is 13.3. The Hall–Kier alpha value is -1.46. The highest BCUT2D eigenvalue weighted by molar-refractivity contribution is 7.11. The maximum Gasteiger partial charge on any atom is 0.165 e. The van der Waals surface area contributed by atoms with Gasteiger partial charge in [0, 0.05) is 17.8 Å². The van der Waals surface area contributed by atoms with Crippen molar-refractivity contribution in [2.45, 2.75) is 32.7 Å². The molecule has 1 aromatic carbocycles. The molecule has 1 N–H and O–H groups in total. The molecule has 0 bridgehead atoms. The molecule has 0 saturated carbocycles. The van der Waals surface area contributed by atoms with Gasteiger partial charge in [0.15, 0.2) is 11.6 Å². The summed E-state index contributed by atoms with van der Waals surface area (Å²) in [5.41, 5.74) is 1.18. The van der Waals surface area contributed by atoms with Crippen LogP contribution in [-0.2, 0) is 19.4 Å². The Morgan fingerprint density at radius 3 is 2.81 bits per heavy atom. The molecule has 0 fully saturated rings. The van der Waals surface area contributed by atoms with Crippen molar-refractivity contribution in [2.24, 2.45) is 0 Å². The lowest BCUT2D eigenvalue weighted by Gasteiger charge is -2.05. The topological polar surface area (TPSA) is 34.1 Å². The lowest BCUT2D eigenvalue weighted by Crippen LogP contribution is -2.05. The van der Waals surface area contributed by atoms with Gasteiger partial charge >= 0.3 is 0 Å². The summed E-state index contributed by atoms with van der Waals surface area (Å²) in [4.78, 5) is 5.97. The number of para-hydroxylation sites is 1. The summed E-state index contributed by atoms with van der Waals surface area (Å²) >= 11 is 1.72. The van der Waals surface area contributed by atoms with E-state index in [2.05, 4.69) is 17.2 Å². The minimum absolute atomic E-state index is 0.304. The van der Waals surface area contributed by atoms with Gasteiger partial charge in [-0.05, 0) is 25.6 Å². The van der Waals surface area contributed by atoms with E-state index in [0.717, 1.165) is 24.4 Å². The standard InChI is InChI=1S/C16H21FN2OS/c1-3-6-13-15(11-18-2)21-16(19-13)9-10-20-14-8-5-4-7-12(14)17/h4-5,7-8,18H,3,6,9-11H2,1-2H3. The van der Waals surface area contributed by atoms with Crippen LogP contribution in [0.15, 0.2) is 24.3 Å². The van der Waals surface area contributed by atoms with Crippen LogP contribution in [0.5, 0.6) is 5.75 Å². The molecule has 1 heterocycles. The van der Waals surface area contributed by atoms with E-state index in [1.54, 1.807) is 29.5 Å². The Balaban J connectivity index is 1.93. The van der Waals surface area contributed by atoms with Crippen LogP contribution in [0.25, 0.3) is 0 Å². The third kappa shape index (κ3) is 4.51. The van der Waals surface area contributed by atoms with Crippen LogP contribution in [0.1, 0.15) is 28.9 Å². The highest BCUT2D eigenvalue weighted by atomic mass is 32.1. The lowest BCUT2D eigenvalue weighted by atomic mass is 10.2. The first-order valence-corrected chi connectivity index (χ1v) is 8.05. The van der Waals surface area contributed by atoms with E-state index in [1.165, 1.54) is 16.6 Å². The van der Waals surface area contributed by atoms with Crippen molar-refractivity contribution in [3.8, 4) is 5.75 Å². The van der Waals surface area contributed by atoms with Crippen molar-refractivity contribution in [3.63, 3.8) is 0 Å². The van der Waals surface area contributed by atoms with Gasteiger partial charge in [-0.2, -0.15) is 0 Å². The Morgan fingerprint density at radius 2 is 2.10 bits per heavy atom. The molecular weight excluding hydrogens is 287 g/mol. The number of hydrogen-bond acceptors (Lipinski definition) is 4. The van der Waals surface area contributed by atoms with Crippen LogP contribution in [0.3, 0.4) is 0 Å². The van der Waals surface area contributed by atoms with Crippen LogP contribution in [0.4, 0.5) is 4.39 Å². The first-order valence-electron chi connectivity index (χ1n) is 7.24. The van der Waals surface area contributed by atoms with Crippen molar-refractivity contribution >= 4 is 11.3 Å². The zero-order valence-electron chi connectivity index (χ0n) is 12.5. The van der Waals surface area contributed by atoms with Gasteiger partial charge in [-0.15, -0.1) is 11.3 Å². The molecule has 0 radical (unpaired) electrons. The molecule has 0 amide bonds. The fourth-order valence-electron chi connectivity index (χ4n) is 2.08. The number of rotatable bonds is 8. The number of nitrogens with zero attached hydrogens (tertiary/aromatic N) is 1. The van der Waals surface area contributed by atoms with Crippen molar-refractivity contribution in [1.82, 2.24) is 10.3 Å². The highest BCUT2D eigenvalue weighted by Gasteiger charge is 2.10. The Morgan fingerprint density at radius 1 is 1.29 bits per heavy atom. The summed E-state index contributed by atoms with van der Waals surface area (Å²) in [5, 5.41) is 4.23. The predicted octanol–water partition coefficient (Wildman–Crippen LogP) is 3.58. The van der Waals surface area contributed by atoms with Crippen LogP contribution in [0.2, 0.25) is 0 Å². The average molecular weight is 308 g/mol. The van der Waals surface area contributed by atoms with Gasteiger partial charge in [-0.3, -0.25) is 0 Å². The van der Waals surface area contributed by atoms with Gasteiger partial charge in [-0.25, -0.2) is 9.37 Å². The van der Waals surface area contributed by atoms with E-state index in [0.29, 0.717) is 18.8 Å². The zero-order chi connectivity index (χ0) is 15.1. The largest absolute Gasteiger partial charge is 0.490 e. The van der Waals surface area contributed by atoms with Crippen LogP contribution in [-0.4, -0.2) is 18.6 Å². The quantitative estimate of drug-likeness (QED) is 0.809. The number of halogens is 1. The summed E-state index contributed by atoms with van der Waals surface area (Å²) in [6.07, 6.45) is 2.80. The molecule has 0 unspecified atom stereocenters. The fraction of sp³-hybridized carbons (Fsp3) is 0.438. The molecule has 0 saturated heterocycles. The molecule has 2 rings (SSSR count). The lowest BCUT2D eigenvalue weighted by molar-refractivity contribution is 0.305. The number of hydrogen-bond donors (Lipinski definition) is 1. The summed E-state index contributed by atoms with van der Waals surface area (Å²) in [6, 6.07) is 6.48. The number of aromatic nitrogens is 1. The second-order valence-electron chi connectivity index (χ2n) is 4.79. The molecule has 21 heavy (non-hydrogen) atoms. The van der Waals surface area contributed by atoms with Gasteiger partial charge in [0.1, 0.15) is 0 Å². The average Bonchev–Trinajstić information content (AvgIpc) is 2.84. The number of thiazole rings is 1. The second kappa shape index (κ2) is 8.10. The van der Waals surface area contributed by atoms with Gasteiger partial charge in [0.2, 0.25) is 0 Å². The molecule has 2 aromatic rings. The third-order valence-electron chi connectivity index (χ3n) is 3.06. The number of ether oxygens (including phenoxy) is 1. The SMILES string of the molecule is CCCc1nc(CCOc2ccccc2F)sc1CNC. The smallest absolute Gasteiger partial charge is 0.165 e. The molecule has 114 valence electrons. The predicted molar refractivity (Wildman–Crippen MR) is 84.5 cm³/mol. The van der Waals surface area contributed by atoms with E-state index in [4.69, 9.17) is 4.74 Å². The van der Waals surface area contributed by atoms with E-state index in [-0.39, 0.29) is 5.82 Å². The first-order chi connectivity index (χ1) is 10.2. The minimum Gasteiger partial charge on any atom is -0.490 e. The molecule has 0 aliphatic carbocycles. The summed E-state index contributed by atoms with van der Waals surface area (Å²) in [7, 11) is 1.94. The molecule has 1 aromatic heterocycles. The van der Waals surface area contributed by atoms with Crippen molar-refractivity contribution < 1.29 is 9.13 Å². The number of aryl methyl sites for hydroxylation is 1. The Kier molecular flexibility index (Phi) is 6.14. The summed E-state index contributed by atoms with van der Waals surface area (Å²) in [6.45, 7) is 3.45. The Labute approximate surface area is 129 Å². The Bertz CT molecular complexity index is 548. The minimum atomic E-state index is -0.320. The molecule has 0 aliphatic heterocycles. The van der Waals surface area contributed by atoms with Crippen LogP contribution >= 0.6 is 11.3 Å². The number of nitrogens with one attached hydrogen (secondary N) is 1. The van der Waals surface area contributed by atoms with Crippen LogP contribution in [0, 0.1) is 5.82 Å².